The molecule has 8 nitrogen and oxygen atoms in total. The van der Waals surface area contributed by atoms with Crippen LogP contribution >= 0.6 is 0 Å². The fraction of sp³-hybridized carbons (Fsp3) is 0.500. The Balaban J connectivity index is 1.54. The number of fused-ring (bicyclic) bond motifs is 1. The highest BCUT2D eigenvalue weighted by atomic mass is 16.5. The zero-order chi connectivity index (χ0) is 19.7. The van der Waals surface area contributed by atoms with Gasteiger partial charge < -0.3 is 14.6 Å². The van der Waals surface area contributed by atoms with Crippen LogP contribution in [0.15, 0.2) is 30.9 Å². The summed E-state index contributed by atoms with van der Waals surface area (Å²) in [7, 11) is 0. The van der Waals surface area contributed by atoms with Crippen LogP contribution < -0.4 is 5.32 Å². The Morgan fingerprint density at radius 1 is 1.36 bits per heavy atom. The van der Waals surface area contributed by atoms with Crippen molar-refractivity contribution in [1.82, 2.24) is 24.3 Å². The summed E-state index contributed by atoms with van der Waals surface area (Å²) in [4.78, 5) is 20.8. The summed E-state index contributed by atoms with van der Waals surface area (Å²) in [6.45, 7) is 8.14. The Kier molecular flexibility index (Phi) is 5.02. The van der Waals surface area contributed by atoms with Gasteiger partial charge in [-0.25, -0.2) is 9.78 Å². The van der Waals surface area contributed by atoms with Crippen molar-refractivity contribution < 1.29 is 9.53 Å². The number of nitrogens with one attached hydrogen (secondary N) is 1. The van der Waals surface area contributed by atoms with Gasteiger partial charge in [0.15, 0.2) is 6.04 Å². The summed E-state index contributed by atoms with van der Waals surface area (Å²) in [6, 6.07) is 1.70. The minimum absolute atomic E-state index is 0.235. The minimum Gasteiger partial charge on any atom is -0.464 e. The third-order valence-corrected chi connectivity index (χ3v) is 5.49. The zero-order valence-corrected chi connectivity index (χ0v) is 16.5. The molecule has 3 aromatic rings. The molecule has 8 heteroatoms. The molecule has 3 aromatic heterocycles. The number of carbonyl (C=O) groups is 1. The van der Waals surface area contributed by atoms with E-state index in [1.165, 1.54) is 0 Å². The maximum atomic E-state index is 11.7. The first-order chi connectivity index (χ1) is 13.5. The van der Waals surface area contributed by atoms with Gasteiger partial charge in [0.2, 0.25) is 5.95 Å². The van der Waals surface area contributed by atoms with Crippen LogP contribution in [-0.2, 0) is 16.1 Å². The number of cyclic esters (lactones) is 1. The molecule has 1 aliphatic heterocycles. The molecule has 0 aromatic carbocycles. The van der Waals surface area contributed by atoms with Crippen LogP contribution in [0.4, 0.5) is 11.6 Å². The highest BCUT2D eigenvalue weighted by molar-refractivity contribution is 5.77. The molecular weight excluding hydrogens is 356 g/mol. The molecule has 1 aliphatic rings. The summed E-state index contributed by atoms with van der Waals surface area (Å²) >= 11 is 0. The molecule has 0 aliphatic carbocycles. The number of anilines is 2. The van der Waals surface area contributed by atoms with E-state index in [-0.39, 0.29) is 12.0 Å². The van der Waals surface area contributed by atoms with Gasteiger partial charge in [-0.15, -0.1) is 0 Å². The topological polar surface area (TPSA) is 86.9 Å². The first-order valence-corrected chi connectivity index (χ1v) is 9.85. The number of carbonyl (C=O) groups excluding carboxylic acids is 1. The van der Waals surface area contributed by atoms with E-state index in [0.29, 0.717) is 30.8 Å². The Morgan fingerprint density at radius 3 is 2.93 bits per heavy atom. The molecule has 148 valence electrons. The predicted molar refractivity (Wildman–Crippen MR) is 106 cm³/mol. The summed E-state index contributed by atoms with van der Waals surface area (Å²) in [5.74, 6) is 1.50. The first-order valence-electron chi connectivity index (χ1n) is 9.85. The van der Waals surface area contributed by atoms with Crippen LogP contribution in [0.1, 0.15) is 39.7 Å². The largest absolute Gasteiger partial charge is 0.464 e. The second-order valence-corrected chi connectivity index (χ2v) is 7.66. The molecule has 0 unspecified atom stereocenters. The van der Waals surface area contributed by atoms with Crippen molar-refractivity contribution in [2.24, 2.45) is 11.8 Å². The fourth-order valence-corrected chi connectivity index (χ4v) is 3.67. The van der Waals surface area contributed by atoms with Gasteiger partial charge in [0, 0.05) is 36.9 Å². The number of esters is 1. The molecule has 4 heterocycles. The number of ether oxygens (including phenoxy) is 1. The average Bonchev–Trinajstić information content (AvgIpc) is 3.39. The van der Waals surface area contributed by atoms with Gasteiger partial charge in [0.25, 0.3) is 0 Å². The number of nitrogens with zero attached hydrogens (tertiary/aromatic N) is 5. The van der Waals surface area contributed by atoms with Gasteiger partial charge in [-0.1, -0.05) is 27.2 Å². The number of aromatic nitrogens is 5. The lowest BCUT2D eigenvalue weighted by atomic mass is 9.93. The van der Waals surface area contributed by atoms with Gasteiger partial charge in [0.05, 0.1) is 18.5 Å². The van der Waals surface area contributed by atoms with Crippen LogP contribution in [0, 0.1) is 11.8 Å². The van der Waals surface area contributed by atoms with E-state index < -0.39 is 0 Å². The zero-order valence-electron chi connectivity index (χ0n) is 16.5. The number of hydrogen-bond acceptors (Lipinski definition) is 6. The lowest BCUT2D eigenvalue weighted by molar-refractivity contribution is -0.140. The molecule has 0 amide bonds. The second kappa shape index (κ2) is 7.61. The number of hydrogen-bond donors (Lipinski definition) is 1. The molecule has 1 fully saturated rings. The van der Waals surface area contributed by atoms with Crippen LogP contribution in [0.25, 0.3) is 11.0 Å². The highest BCUT2D eigenvalue weighted by Crippen LogP contribution is 2.24. The monoisotopic (exact) mass is 382 g/mol. The van der Waals surface area contributed by atoms with Crippen molar-refractivity contribution in [3.05, 3.63) is 30.9 Å². The Morgan fingerprint density at radius 2 is 2.21 bits per heavy atom. The summed E-state index contributed by atoms with van der Waals surface area (Å²) < 4.78 is 8.84. The Labute approximate surface area is 163 Å². The molecule has 2 atom stereocenters. The average molecular weight is 382 g/mol. The third-order valence-electron chi connectivity index (χ3n) is 5.49. The van der Waals surface area contributed by atoms with E-state index in [1.807, 2.05) is 6.20 Å². The maximum absolute atomic E-state index is 11.7. The van der Waals surface area contributed by atoms with Gasteiger partial charge >= 0.3 is 5.97 Å². The van der Waals surface area contributed by atoms with E-state index in [1.54, 1.807) is 17.1 Å². The predicted octanol–water partition coefficient (Wildman–Crippen LogP) is 3.54. The second-order valence-electron chi connectivity index (χ2n) is 7.66. The summed E-state index contributed by atoms with van der Waals surface area (Å²) in [5.41, 5.74) is 1.66. The lowest BCUT2D eigenvalue weighted by Gasteiger charge is -2.20. The van der Waals surface area contributed by atoms with Gasteiger partial charge in [-0.2, -0.15) is 10.1 Å². The summed E-state index contributed by atoms with van der Waals surface area (Å²) in [5, 5.41) is 8.49. The molecule has 0 radical (unpaired) electrons. The number of rotatable bonds is 7. The van der Waals surface area contributed by atoms with Crippen LogP contribution in [0.2, 0.25) is 0 Å². The van der Waals surface area contributed by atoms with Crippen LogP contribution in [0.5, 0.6) is 0 Å². The highest BCUT2D eigenvalue weighted by Gasteiger charge is 2.28. The lowest BCUT2D eigenvalue weighted by Crippen LogP contribution is -2.15. The van der Waals surface area contributed by atoms with Crippen molar-refractivity contribution in [1.29, 1.82) is 0 Å². The molecule has 0 spiro atoms. The van der Waals surface area contributed by atoms with Crippen molar-refractivity contribution in [3.63, 3.8) is 0 Å². The van der Waals surface area contributed by atoms with Crippen molar-refractivity contribution >= 4 is 28.6 Å². The molecular formula is C20H26N6O2. The van der Waals surface area contributed by atoms with Crippen molar-refractivity contribution in [2.75, 3.05) is 11.9 Å². The molecule has 1 N–H and O–H groups in total. The maximum Gasteiger partial charge on any atom is 0.331 e. The smallest absolute Gasteiger partial charge is 0.331 e. The molecule has 4 rings (SSSR count). The van der Waals surface area contributed by atoms with Gasteiger partial charge in [-0.05, 0) is 17.9 Å². The summed E-state index contributed by atoms with van der Waals surface area (Å²) in [6.07, 6.45) is 9.15. The van der Waals surface area contributed by atoms with E-state index in [9.17, 15) is 4.79 Å². The van der Waals surface area contributed by atoms with Crippen molar-refractivity contribution in [2.45, 2.75) is 46.2 Å². The Bertz CT molecular complexity index is 976. The van der Waals surface area contributed by atoms with E-state index in [2.05, 4.69) is 53.0 Å². The van der Waals surface area contributed by atoms with E-state index in [0.717, 1.165) is 29.7 Å². The molecule has 1 saturated heterocycles. The van der Waals surface area contributed by atoms with Gasteiger partial charge in [0.1, 0.15) is 5.65 Å². The Hall–Kier alpha value is -2.90. The van der Waals surface area contributed by atoms with E-state index in [4.69, 9.17) is 9.72 Å². The van der Waals surface area contributed by atoms with Crippen molar-refractivity contribution in [3.8, 4) is 0 Å². The molecule has 28 heavy (non-hydrogen) atoms. The van der Waals surface area contributed by atoms with E-state index >= 15 is 0 Å². The van der Waals surface area contributed by atoms with Crippen LogP contribution in [-0.4, -0.2) is 36.9 Å². The molecule has 0 saturated carbocycles. The van der Waals surface area contributed by atoms with Crippen LogP contribution in [0.3, 0.4) is 0 Å². The first kappa shape index (κ1) is 18.5. The standard InChI is InChI=1S/C20H26N6O2/c1-4-14(13(2)3)11-25-7-5-15-9-21-20(24-18(15)25)23-16-10-22-26(12-16)17-6-8-28-19(17)27/h5,7,9-10,12-14,17H,4,6,8,11H2,1-3H3,(H,21,23,24)/t14-,17-/m1/s1. The fourth-order valence-electron chi connectivity index (χ4n) is 3.67. The quantitative estimate of drug-likeness (QED) is 0.629. The normalized spacial score (nSPS) is 18.0. The van der Waals surface area contributed by atoms with Gasteiger partial charge in [-0.3, -0.25) is 4.68 Å². The minimum atomic E-state index is -0.349. The molecule has 0 bridgehead atoms. The third kappa shape index (κ3) is 3.58. The SMILES string of the molecule is CC[C@H](Cn1ccc2cnc(Nc3cnn([C@@H]4CCOC4=O)c3)nc21)C(C)C.